The zero-order valence-electron chi connectivity index (χ0n) is 13.4. The average molecular weight is 377 g/mol. The Morgan fingerprint density at radius 1 is 1.27 bits per heavy atom. The highest BCUT2D eigenvalue weighted by Gasteiger charge is 2.14. The maximum absolute atomic E-state index is 10.0. The third-order valence-electron chi connectivity index (χ3n) is 2.97. The molecule has 0 aromatic heterocycles. The molecular formula is C15H25BrN2O4. The first-order valence-corrected chi connectivity index (χ1v) is 7.66. The molecule has 0 heterocycles. The topological polar surface area (TPSA) is 108 Å². The lowest BCUT2D eigenvalue weighted by Crippen LogP contribution is -2.34. The Kier molecular flexibility index (Phi) is 9.80. The maximum atomic E-state index is 10.0. The summed E-state index contributed by atoms with van der Waals surface area (Å²) in [6, 6.07) is 3.12. The van der Waals surface area contributed by atoms with Crippen molar-refractivity contribution in [3.8, 4) is 11.5 Å². The van der Waals surface area contributed by atoms with Gasteiger partial charge in [0.25, 0.3) is 0 Å². The molecule has 0 radical (unpaired) electrons. The normalized spacial score (nSPS) is 11.5. The van der Waals surface area contributed by atoms with Crippen LogP contribution < -0.4 is 20.9 Å². The number of methoxy groups -OCH3 is 2. The molecule has 1 rings (SSSR count). The van der Waals surface area contributed by atoms with Gasteiger partial charge < -0.3 is 26.0 Å². The third-order valence-corrected chi connectivity index (χ3v) is 3.59. The number of benzene rings is 1. The molecule has 6 nitrogen and oxygen atoms in total. The molecule has 0 amide bonds. The molecule has 5 N–H and O–H groups in total. The van der Waals surface area contributed by atoms with Crippen molar-refractivity contribution in [3.05, 3.63) is 22.2 Å². The number of carbonyl (C=O) groups is 1. The van der Waals surface area contributed by atoms with E-state index in [0.717, 1.165) is 28.0 Å². The average Bonchev–Trinajstić information content (AvgIpc) is 2.48. The molecule has 0 unspecified atom stereocenters. The van der Waals surface area contributed by atoms with Crippen molar-refractivity contribution in [2.75, 3.05) is 20.8 Å². The van der Waals surface area contributed by atoms with E-state index >= 15 is 0 Å². The van der Waals surface area contributed by atoms with Crippen LogP contribution in [0.1, 0.15) is 19.4 Å². The van der Waals surface area contributed by atoms with Crippen LogP contribution in [0.25, 0.3) is 0 Å². The van der Waals surface area contributed by atoms with Crippen molar-refractivity contribution < 1.29 is 19.4 Å². The molecule has 7 heteroatoms. The highest BCUT2D eigenvalue weighted by atomic mass is 79.9. The monoisotopic (exact) mass is 376 g/mol. The van der Waals surface area contributed by atoms with E-state index in [1.807, 2.05) is 12.1 Å². The van der Waals surface area contributed by atoms with Crippen LogP contribution in [0, 0.1) is 5.92 Å². The van der Waals surface area contributed by atoms with E-state index < -0.39 is 12.0 Å². The minimum absolute atomic E-state index is 0.0208. The summed E-state index contributed by atoms with van der Waals surface area (Å²) in [5.41, 5.74) is 11.7. The predicted molar refractivity (Wildman–Crippen MR) is 90.5 cm³/mol. The third kappa shape index (κ3) is 6.64. The second kappa shape index (κ2) is 10.4. The van der Waals surface area contributed by atoms with Crippen LogP contribution in [0.15, 0.2) is 16.6 Å². The molecule has 0 fully saturated rings. The molecule has 22 heavy (non-hydrogen) atoms. The Labute approximate surface area is 139 Å². The van der Waals surface area contributed by atoms with Gasteiger partial charge in [-0.05, 0) is 52.5 Å². The van der Waals surface area contributed by atoms with Gasteiger partial charge in [0.15, 0.2) is 0 Å². The van der Waals surface area contributed by atoms with Gasteiger partial charge in [-0.15, -0.1) is 0 Å². The van der Waals surface area contributed by atoms with Gasteiger partial charge >= 0.3 is 5.97 Å². The number of nitrogens with two attached hydrogens (primary N) is 2. The van der Waals surface area contributed by atoms with E-state index in [-0.39, 0.29) is 5.92 Å². The SMILES string of the molecule is CC(C)[C@H](N)C(=O)O.COc1cc(CCN)c(OC)cc1Br. The minimum atomic E-state index is -0.931. The van der Waals surface area contributed by atoms with Crippen LogP contribution in [0.5, 0.6) is 11.5 Å². The fourth-order valence-electron chi connectivity index (χ4n) is 1.56. The fourth-order valence-corrected chi connectivity index (χ4v) is 2.04. The van der Waals surface area contributed by atoms with Crippen molar-refractivity contribution in [3.63, 3.8) is 0 Å². The largest absolute Gasteiger partial charge is 0.496 e. The molecule has 1 aromatic carbocycles. The summed E-state index contributed by atoms with van der Waals surface area (Å²) in [5, 5.41) is 8.23. The Morgan fingerprint density at radius 3 is 2.14 bits per heavy atom. The van der Waals surface area contributed by atoms with Crippen molar-refractivity contribution in [1.82, 2.24) is 0 Å². The first-order chi connectivity index (χ1) is 10.3. The standard InChI is InChI=1S/C10H14BrNO2.C5H11NO2/c1-13-9-6-8(11)10(14-2)5-7(9)3-4-12;1-3(2)4(6)5(7)8/h5-6H,3-4,12H2,1-2H3;3-4H,6H2,1-2H3,(H,7,8)/t;4-/m.0/s1. The van der Waals surface area contributed by atoms with E-state index in [1.165, 1.54) is 0 Å². The maximum Gasteiger partial charge on any atom is 0.320 e. The zero-order valence-corrected chi connectivity index (χ0v) is 15.0. The second-order valence-corrected chi connectivity index (χ2v) is 5.80. The molecule has 1 atom stereocenters. The van der Waals surface area contributed by atoms with Crippen LogP contribution in [-0.2, 0) is 11.2 Å². The smallest absolute Gasteiger partial charge is 0.320 e. The van der Waals surface area contributed by atoms with Gasteiger partial charge in [-0.25, -0.2) is 0 Å². The lowest BCUT2D eigenvalue weighted by Gasteiger charge is -2.11. The van der Waals surface area contributed by atoms with Gasteiger partial charge in [0, 0.05) is 0 Å². The number of ether oxygens (including phenoxy) is 2. The first-order valence-electron chi connectivity index (χ1n) is 6.87. The van der Waals surface area contributed by atoms with Gasteiger partial charge in [-0.1, -0.05) is 13.8 Å². The first kappa shape index (κ1) is 20.7. The number of halogens is 1. The lowest BCUT2D eigenvalue weighted by molar-refractivity contribution is -0.139. The number of carboxylic acid groups (broad SMARTS) is 1. The fraction of sp³-hybridized carbons (Fsp3) is 0.533. The van der Waals surface area contributed by atoms with Crippen LogP contribution in [-0.4, -0.2) is 37.9 Å². The number of aliphatic carboxylic acids is 1. The Bertz CT molecular complexity index is 481. The zero-order chi connectivity index (χ0) is 17.3. The van der Waals surface area contributed by atoms with Gasteiger partial charge in [-0.2, -0.15) is 0 Å². The summed E-state index contributed by atoms with van der Waals surface area (Å²) < 4.78 is 11.3. The molecule has 0 saturated heterocycles. The Balaban J connectivity index is 0.000000472. The van der Waals surface area contributed by atoms with E-state index in [4.69, 9.17) is 26.0 Å². The Morgan fingerprint density at radius 2 is 1.82 bits per heavy atom. The summed E-state index contributed by atoms with van der Waals surface area (Å²) in [6.07, 6.45) is 0.785. The number of rotatable bonds is 6. The quantitative estimate of drug-likeness (QED) is 0.700. The van der Waals surface area contributed by atoms with Crippen LogP contribution in [0.3, 0.4) is 0 Å². The molecule has 126 valence electrons. The van der Waals surface area contributed by atoms with Crippen molar-refractivity contribution in [2.45, 2.75) is 26.3 Å². The summed E-state index contributed by atoms with van der Waals surface area (Å²) in [4.78, 5) is 10.0. The van der Waals surface area contributed by atoms with E-state index in [2.05, 4.69) is 15.9 Å². The van der Waals surface area contributed by atoms with Gasteiger partial charge in [-0.3, -0.25) is 4.79 Å². The number of hydrogen-bond acceptors (Lipinski definition) is 5. The van der Waals surface area contributed by atoms with Crippen LogP contribution >= 0.6 is 15.9 Å². The van der Waals surface area contributed by atoms with Crippen molar-refractivity contribution in [2.24, 2.45) is 17.4 Å². The highest BCUT2D eigenvalue weighted by molar-refractivity contribution is 9.10. The van der Waals surface area contributed by atoms with Gasteiger partial charge in [0.1, 0.15) is 17.5 Å². The lowest BCUT2D eigenvalue weighted by atomic mass is 10.1. The summed E-state index contributed by atoms with van der Waals surface area (Å²) in [5.74, 6) is 0.727. The molecule has 0 bridgehead atoms. The van der Waals surface area contributed by atoms with Gasteiger partial charge in [0.05, 0.1) is 18.7 Å². The minimum Gasteiger partial charge on any atom is -0.496 e. The highest BCUT2D eigenvalue weighted by Crippen LogP contribution is 2.32. The van der Waals surface area contributed by atoms with Gasteiger partial charge in [0.2, 0.25) is 0 Å². The molecular weight excluding hydrogens is 352 g/mol. The molecule has 0 spiro atoms. The molecule has 0 aliphatic rings. The molecule has 0 aliphatic heterocycles. The molecule has 0 saturated carbocycles. The van der Waals surface area contributed by atoms with Crippen molar-refractivity contribution in [1.29, 1.82) is 0 Å². The summed E-state index contributed by atoms with van der Waals surface area (Å²) in [6.45, 7) is 4.15. The Hall–Kier alpha value is -1.31. The van der Waals surface area contributed by atoms with E-state index in [9.17, 15) is 4.79 Å². The molecule has 0 aliphatic carbocycles. The van der Waals surface area contributed by atoms with Crippen molar-refractivity contribution >= 4 is 21.9 Å². The summed E-state index contributed by atoms with van der Waals surface area (Å²) >= 11 is 3.40. The van der Waals surface area contributed by atoms with Crippen LogP contribution in [0.4, 0.5) is 0 Å². The van der Waals surface area contributed by atoms with E-state index in [1.54, 1.807) is 28.1 Å². The summed E-state index contributed by atoms with van der Waals surface area (Å²) in [7, 11) is 3.28. The second-order valence-electron chi connectivity index (χ2n) is 4.95. The number of hydrogen-bond donors (Lipinski definition) is 3. The number of carboxylic acids is 1. The van der Waals surface area contributed by atoms with Crippen LogP contribution in [0.2, 0.25) is 0 Å². The predicted octanol–water partition coefficient (Wildman–Crippen LogP) is 2.02. The molecule has 1 aromatic rings. The van der Waals surface area contributed by atoms with E-state index in [0.29, 0.717) is 6.54 Å².